The fraction of sp³-hybridized carbons (Fsp3) is 0.692. The van der Waals surface area contributed by atoms with Crippen molar-refractivity contribution < 1.29 is 5.11 Å². The van der Waals surface area contributed by atoms with Crippen LogP contribution in [0.5, 0.6) is 0 Å². The zero-order valence-corrected chi connectivity index (χ0v) is 11.2. The predicted molar refractivity (Wildman–Crippen MR) is 68.9 cm³/mol. The third-order valence-corrected chi connectivity index (χ3v) is 4.54. The number of aliphatic hydroxyl groups is 1. The molecule has 2 nitrogen and oxygen atoms in total. The summed E-state index contributed by atoms with van der Waals surface area (Å²) in [5.41, 5.74) is 0.920. The van der Waals surface area contributed by atoms with Gasteiger partial charge in [0.05, 0.1) is 6.10 Å². The normalized spacial score (nSPS) is 20.2. The Morgan fingerprint density at radius 1 is 1.38 bits per heavy atom. The topological polar surface area (TPSA) is 23.5 Å². The van der Waals surface area contributed by atoms with Crippen LogP contribution in [0.4, 0.5) is 0 Å². The van der Waals surface area contributed by atoms with Crippen LogP contribution in [0.15, 0.2) is 11.4 Å². The van der Waals surface area contributed by atoms with Gasteiger partial charge in [-0.3, -0.25) is 4.90 Å². The molecule has 16 heavy (non-hydrogen) atoms. The van der Waals surface area contributed by atoms with E-state index in [2.05, 4.69) is 37.1 Å². The fourth-order valence-corrected chi connectivity index (χ4v) is 3.20. The van der Waals surface area contributed by atoms with Gasteiger partial charge >= 0.3 is 0 Å². The van der Waals surface area contributed by atoms with Crippen molar-refractivity contribution in [1.82, 2.24) is 4.90 Å². The Morgan fingerprint density at radius 3 is 2.50 bits per heavy atom. The maximum absolute atomic E-state index is 10.5. The Hall–Kier alpha value is -0.380. The molecule has 0 bridgehead atoms. The molecule has 0 radical (unpaired) electrons. The number of nitrogens with zero attached hydrogens (tertiary/aromatic N) is 1. The van der Waals surface area contributed by atoms with Gasteiger partial charge in [-0.25, -0.2) is 0 Å². The van der Waals surface area contributed by atoms with Gasteiger partial charge in [-0.1, -0.05) is 0 Å². The Morgan fingerprint density at radius 2 is 2.00 bits per heavy atom. The smallest absolute Gasteiger partial charge is 0.0976 e. The first kappa shape index (κ1) is 12.1. The van der Waals surface area contributed by atoms with Crippen molar-refractivity contribution in [3.8, 4) is 0 Å². The SMILES string of the molecule is Cc1cc(C(O)C(C)(C)N2CCCC2)cs1. The maximum atomic E-state index is 10.5. The van der Waals surface area contributed by atoms with Crippen LogP contribution < -0.4 is 0 Å². The Balaban J connectivity index is 2.15. The third kappa shape index (κ3) is 2.17. The van der Waals surface area contributed by atoms with Crippen molar-refractivity contribution in [2.45, 2.75) is 45.3 Å². The highest BCUT2D eigenvalue weighted by atomic mass is 32.1. The van der Waals surface area contributed by atoms with E-state index in [0.29, 0.717) is 0 Å². The molecule has 1 aliphatic rings. The number of hydrogen-bond donors (Lipinski definition) is 1. The van der Waals surface area contributed by atoms with Gasteiger partial charge in [0.15, 0.2) is 0 Å². The van der Waals surface area contributed by atoms with E-state index in [1.165, 1.54) is 17.7 Å². The zero-order valence-electron chi connectivity index (χ0n) is 10.4. The molecule has 0 aliphatic carbocycles. The predicted octanol–water partition coefficient (Wildman–Crippen LogP) is 2.96. The molecule has 1 aliphatic heterocycles. The van der Waals surface area contributed by atoms with Gasteiger partial charge in [-0.05, 0) is 63.7 Å². The summed E-state index contributed by atoms with van der Waals surface area (Å²) in [5.74, 6) is 0. The van der Waals surface area contributed by atoms with Crippen molar-refractivity contribution in [3.05, 3.63) is 21.9 Å². The molecule has 1 aromatic heterocycles. The van der Waals surface area contributed by atoms with Crippen LogP contribution in [0.3, 0.4) is 0 Å². The van der Waals surface area contributed by atoms with Crippen LogP contribution in [0, 0.1) is 6.92 Å². The maximum Gasteiger partial charge on any atom is 0.0976 e. The average Bonchev–Trinajstić information content (AvgIpc) is 2.86. The minimum atomic E-state index is -0.379. The number of hydrogen-bond acceptors (Lipinski definition) is 3. The molecule has 1 fully saturated rings. The molecule has 0 spiro atoms. The molecule has 0 amide bonds. The molecule has 1 saturated heterocycles. The number of rotatable bonds is 3. The highest BCUT2D eigenvalue weighted by Crippen LogP contribution is 2.34. The van der Waals surface area contributed by atoms with Crippen molar-refractivity contribution in [2.75, 3.05) is 13.1 Å². The molecule has 1 unspecified atom stereocenters. The number of likely N-dealkylation sites (tertiary alicyclic amines) is 1. The summed E-state index contributed by atoms with van der Waals surface area (Å²) in [6, 6.07) is 2.10. The van der Waals surface area contributed by atoms with Gasteiger partial charge in [0.25, 0.3) is 0 Å². The number of aryl methyl sites for hydroxylation is 1. The van der Waals surface area contributed by atoms with Crippen LogP contribution in [0.25, 0.3) is 0 Å². The molecule has 0 aromatic carbocycles. The van der Waals surface area contributed by atoms with E-state index in [4.69, 9.17) is 0 Å². The molecule has 3 heteroatoms. The van der Waals surface area contributed by atoms with Crippen LogP contribution in [0.1, 0.15) is 43.2 Å². The van der Waals surface area contributed by atoms with Gasteiger partial charge < -0.3 is 5.11 Å². The van der Waals surface area contributed by atoms with Crippen LogP contribution in [-0.4, -0.2) is 28.6 Å². The minimum absolute atomic E-state index is 0.149. The molecular weight excluding hydrogens is 218 g/mol. The summed E-state index contributed by atoms with van der Waals surface area (Å²) in [6.45, 7) is 8.62. The van der Waals surface area contributed by atoms with Crippen LogP contribution in [-0.2, 0) is 0 Å². The van der Waals surface area contributed by atoms with Gasteiger partial charge in [-0.2, -0.15) is 0 Å². The summed E-state index contributed by atoms with van der Waals surface area (Å²) < 4.78 is 0. The van der Waals surface area contributed by atoms with Gasteiger partial charge in [0.2, 0.25) is 0 Å². The number of aliphatic hydroxyl groups excluding tert-OH is 1. The summed E-state index contributed by atoms with van der Waals surface area (Å²) in [5, 5.41) is 12.6. The lowest BCUT2D eigenvalue weighted by Crippen LogP contribution is -2.46. The molecule has 1 aromatic rings. The highest BCUT2D eigenvalue weighted by molar-refractivity contribution is 7.10. The van der Waals surface area contributed by atoms with Crippen molar-refractivity contribution in [1.29, 1.82) is 0 Å². The lowest BCUT2D eigenvalue weighted by molar-refractivity contribution is 0.00155. The molecule has 2 heterocycles. The summed E-state index contributed by atoms with van der Waals surface area (Å²) >= 11 is 1.71. The van der Waals surface area contributed by atoms with Crippen molar-refractivity contribution >= 4 is 11.3 Å². The van der Waals surface area contributed by atoms with Crippen molar-refractivity contribution in [2.24, 2.45) is 0 Å². The first-order valence-electron chi connectivity index (χ1n) is 6.00. The van der Waals surface area contributed by atoms with Crippen LogP contribution in [0.2, 0.25) is 0 Å². The highest BCUT2D eigenvalue weighted by Gasteiger charge is 2.36. The largest absolute Gasteiger partial charge is 0.386 e. The lowest BCUT2D eigenvalue weighted by Gasteiger charge is -2.39. The lowest BCUT2D eigenvalue weighted by atomic mass is 9.91. The molecule has 90 valence electrons. The van der Waals surface area contributed by atoms with Gasteiger partial charge in [-0.15, -0.1) is 11.3 Å². The third-order valence-electron chi connectivity index (χ3n) is 3.66. The zero-order chi connectivity index (χ0) is 11.8. The van der Waals surface area contributed by atoms with E-state index in [1.807, 2.05) is 0 Å². The van der Waals surface area contributed by atoms with Gasteiger partial charge in [0, 0.05) is 10.4 Å². The fourth-order valence-electron chi connectivity index (χ4n) is 2.48. The minimum Gasteiger partial charge on any atom is -0.386 e. The Labute approximate surface area is 102 Å². The van der Waals surface area contributed by atoms with E-state index < -0.39 is 0 Å². The standard InChI is InChI=1S/C13H21NOS/c1-10-8-11(9-16-10)12(15)13(2,3)14-6-4-5-7-14/h8-9,12,15H,4-7H2,1-3H3. The Kier molecular flexibility index (Phi) is 3.38. The van der Waals surface area contributed by atoms with Crippen molar-refractivity contribution in [3.63, 3.8) is 0 Å². The second-order valence-electron chi connectivity index (χ2n) is 5.24. The van der Waals surface area contributed by atoms with Crippen LogP contribution >= 0.6 is 11.3 Å². The Bertz CT molecular complexity index is 353. The molecule has 1 N–H and O–H groups in total. The number of thiophene rings is 1. The first-order valence-corrected chi connectivity index (χ1v) is 6.88. The van der Waals surface area contributed by atoms with E-state index in [-0.39, 0.29) is 11.6 Å². The average molecular weight is 239 g/mol. The summed E-state index contributed by atoms with van der Waals surface area (Å²) in [6.07, 6.45) is 2.15. The molecular formula is C13H21NOS. The van der Waals surface area contributed by atoms with E-state index in [1.54, 1.807) is 11.3 Å². The first-order chi connectivity index (χ1) is 7.51. The quantitative estimate of drug-likeness (QED) is 0.876. The van der Waals surface area contributed by atoms with E-state index >= 15 is 0 Å². The van der Waals surface area contributed by atoms with E-state index in [0.717, 1.165) is 18.7 Å². The summed E-state index contributed by atoms with van der Waals surface area (Å²) in [4.78, 5) is 3.68. The van der Waals surface area contributed by atoms with Gasteiger partial charge in [0.1, 0.15) is 0 Å². The molecule has 1 atom stereocenters. The second-order valence-corrected chi connectivity index (χ2v) is 6.36. The second kappa shape index (κ2) is 4.47. The summed E-state index contributed by atoms with van der Waals surface area (Å²) in [7, 11) is 0. The van der Waals surface area contributed by atoms with E-state index in [9.17, 15) is 5.11 Å². The molecule has 2 rings (SSSR count). The monoisotopic (exact) mass is 239 g/mol. The molecule has 0 saturated carbocycles.